The fraction of sp³-hybridized carbons (Fsp3) is 1.00. The smallest absolute Gasteiger partial charge is 0.168 e. The summed E-state index contributed by atoms with van der Waals surface area (Å²) in [6.07, 6.45) is -4.62. The van der Waals surface area contributed by atoms with Gasteiger partial charge < -0.3 is 0 Å². The highest BCUT2D eigenvalue weighted by molar-refractivity contribution is 6.53. The summed E-state index contributed by atoms with van der Waals surface area (Å²) in [5, 5.41) is -1.31. The Bertz CT molecular complexity index is 131. The zero-order chi connectivity index (χ0) is 9.28. The Labute approximate surface area is 77.6 Å². The average Bonchev–Trinajstić information content (AvgIpc) is 1.83. The molecule has 1 unspecified atom stereocenters. The van der Waals surface area contributed by atoms with Gasteiger partial charge in [0.15, 0.2) is 0 Å². The molecule has 0 heterocycles. The molecule has 0 fully saturated rings. The molecule has 0 saturated heterocycles. The number of hydrogen-bond donors (Lipinski definition) is 0. The molecule has 0 rings (SSSR count). The fourth-order valence-electron chi connectivity index (χ4n) is 0.434. The minimum Gasteiger partial charge on any atom is -0.168 e. The lowest BCUT2D eigenvalue weighted by Gasteiger charge is -2.26. The summed E-state index contributed by atoms with van der Waals surface area (Å²) in [5.41, 5.74) is 0. The van der Waals surface area contributed by atoms with Crippen molar-refractivity contribution in [3.05, 3.63) is 0 Å². The highest BCUT2D eigenvalue weighted by atomic mass is 35.5. The molecule has 0 bridgehead atoms. The summed E-state index contributed by atoms with van der Waals surface area (Å²) in [5.74, 6) is 0. The minimum atomic E-state index is -4.68. The lowest BCUT2D eigenvalue weighted by molar-refractivity contribution is -0.141. The maximum absolute atomic E-state index is 11.9. The first-order chi connectivity index (χ1) is 4.73. The topological polar surface area (TPSA) is 0 Å². The molecule has 0 aromatic rings. The molecule has 0 aromatic heterocycles. The second kappa shape index (κ2) is 3.58. The Kier molecular flexibility index (Phi) is 3.80. The van der Waals surface area contributed by atoms with Gasteiger partial charge >= 0.3 is 6.18 Å². The first-order valence-corrected chi connectivity index (χ1v) is 4.01. The van der Waals surface area contributed by atoms with Crippen LogP contribution in [0.5, 0.6) is 0 Å². The number of halogens is 6. The Hall–Kier alpha value is 0.660. The van der Waals surface area contributed by atoms with Crippen molar-refractivity contribution in [2.24, 2.45) is 0 Å². The van der Waals surface area contributed by atoms with Gasteiger partial charge in [0.25, 0.3) is 0 Å². The van der Waals surface area contributed by atoms with E-state index in [1.54, 1.807) is 0 Å². The number of hydrogen-bond acceptors (Lipinski definition) is 0. The van der Waals surface area contributed by atoms with Crippen molar-refractivity contribution in [3.8, 4) is 0 Å². The monoisotopic (exact) mass is 228 g/mol. The largest absolute Gasteiger partial charge is 0.422 e. The van der Waals surface area contributed by atoms with Crippen LogP contribution < -0.4 is 0 Å². The number of alkyl halides is 6. The molecule has 11 heavy (non-hydrogen) atoms. The standard InChI is InChI=1S/C5H6Cl3F3/c1-2-3(6)4(7,8)5(9,10)11/h3H,2H2,1H3. The Morgan fingerprint density at radius 3 is 1.73 bits per heavy atom. The summed E-state index contributed by atoms with van der Waals surface area (Å²) < 4.78 is 32.9. The van der Waals surface area contributed by atoms with E-state index in [2.05, 4.69) is 0 Å². The molecule has 6 heteroatoms. The summed E-state index contributed by atoms with van der Waals surface area (Å²) in [7, 11) is 0. The molecule has 0 aliphatic rings. The molecule has 0 N–H and O–H groups in total. The summed E-state index contributed by atoms with van der Waals surface area (Å²) in [6.45, 7) is 1.48. The van der Waals surface area contributed by atoms with E-state index in [1.807, 2.05) is 0 Å². The quantitative estimate of drug-likeness (QED) is 0.633. The zero-order valence-corrected chi connectivity index (χ0v) is 7.82. The SMILES string of the molecule is CCC(Cl)C(Cl)(Cl)C(F)(F)F. The maximum atomic E-state index is 11.9. The van der Waals surface area contributed by atoms with Gasteiger partial charge in [0.2, 0.25) is 4.33 Å². The van der Waals surface area contributed by atoms with Gasteiger partial charge in [-0.2, -0.15) is 13.2 Å². The van der Waals surface area contributed by atoms with Crippen LogP contribution >= 0.6 is 34.8 Å². The van der Waals surface area contributed by atoms with Crippen molar-refractivity contribution in [2.75, 3.05) is 0 Å². The van der Waals surface area contributed by atoms with Gasteiger partial charge in [-0.25, -0.2) is 0 Å². The van der Waals surface area contributed by atoms with Crippen molar-refractivity contribution >= 4 is 34.8 Å². The lowest BCUT2D eigenvalue weighted by Crippen LogP contribution is -2.41. The third-order valence-electron chi connectivity index (χ3n) is 1.13. The summed E-state index contributed by atoms with van der Waals surface area (Å²) in [4.78, 5) is 0. The van der Waals surface area contributed by atoms with E-state index < -0.39 is 15.9 Å². The molecule has 0 aliphatic heterocycles. The van der Waals surface area contributed by atoms with Crippen LogP contribution in [-0.4, -0.2) is 15.9 Å². The molecule has 0 nitrogen and oxygen atoms in total. The van der Waals surface area contributed by atoms with Crippen LogP contribution in [0.1, 0.15) is 13.3 Å². The first kappa shape index (κ1) is 11.7. The molecule has 0 spiro atoms. The van der Waals surface area contributed by atoms with Crippen LogP contribution in [0.15, 0.2) is 0 Å². The molecule has 0 aromatic carbocycles. The van der Waals surface area contributed by atoms with E-state index in [0.29, 0.717) is 0 Å². The summed E-state index contributed by atoms with van der Waals surface area (Å²) in [6, 6.07) is 0. The number of rotatable bonds is 2. The summed E-state index contributed by atoms with van der Waals surface area (Å²) >= 11 is 15.2. The van der Waals surface area contributed by atoms with Crippen molar-refractivity contribution < 1.29 is 13.2 Å². The highest BCUT2D eigenvalue weighted by Crippen LogP contribution is 2.45. The van der Waals surface area contributed by atoms with E-state index in [1.165, 1.54) is 6.92 Å². The van der Waals surface area contributed by atoms with Crippen LogP contribution in [0.4, 0.5) is 13.2 Å². The van der Waals surface area contributed by atoms with E-state index in [4.69, 9.17) is 34.8 Å². The zero-order valence-electron chi connectivity index (χ0n) is 5.55. The van der Waals surface area contributed by atoms with Crippen LogP contribution in [0.2, 0.25) is 0 Å². The Balaban J connectivity index is 4.45. The van der Waals surface area contributed by atoms with Gasteiger partial charge in [-0.3, -0.25) is 0 Å². The molecule has 0 amide bonds. The molecular weight excluding hydrogens is 223 g/mol. The van der Waals surface area contributed by atoms with Gasteiger partial charge in [-0.1, -0.05) is 30.1 Å². The molecule has 0 radical (unpaired) electrons. The molecule has 68 valence electrons. The predicted molar refractivity (Wildman–Crippen MR) is 40.4 cm³/mol. The minimum absolute atomic E-state index is 0.0636. The fourth-order valence-corrected chi connectivity index (χ4v) is 0.866. The third kappa shape index (κ3) is 2.56. The van der Waals surface area contributed by atoms with Crippen molar-refractivity contribution in [2.45, 2.75) is 29.2 Å². The Morgan fingerprint density at radius 2 is 1.64 bits per heavy atom. The van der Waals surface area contributed by atoms with Crippen LogP contribution in [0.3, 0.4) is 0 Å². The average molecular weight is 229 g/mol. The van der Waals surface area contributed by atoms with E-state index in [9.17, 15) is 13.2 Å². The van der Waals surface area contributed by atoms with Crippen LogP contribution in [-0.2, 0) is 0 Å². The molecular formula is C5H6Cl3F3. The Morgan fingerprint density at radius 1 is 1.27 bits per heavy atom. The van der Waals surface area contributed by atoms with Gasteiger partial charge in [0.1, 0.15) is 0 Å². The van der Waals surface area contributed by atoms with Crippen LogP contribution in [0, 0.1) is 0 Å². The van der Waals surface area contributed by atoms with Crippen LogP contribution in [0.25, 0.3) is 0 Å². The second-order valence-corrected chi connectivity index (χ2v) is 3.91. The van der Waals surface area contributed by atoms with Crippen molar-refractivity contribution in [1.29, 1.82) is 0 Å². The van der Waals surface area contributed by atoms with E-state index in [0.717, 1.165) is 0 Å². The van der Waals surface area contributed by atoms with E-state index in [-0.39, 0.29) is 6.42 Å². The highest BCUT2D eigenvalue weighted by Gasteiger charge is 2.56. The normalized spacial score (nSPS) is 16.6. The molecule has 0 aliphatic carbocycles. The lowest BCUT2D eigenvalue weighted by atomic mass is 10.2. The maximum Gasteiger partial charge on any atom is 0.422 e. The second-order valence-electron chi connectivity index (χ2n) is 2.00. The third-order valence-corrected chi connectivity index (χ3v) is 2.94. The van der Waals surface area contributed by atoms with Gasteiger partial charge in [-0.05, 0) is 6.42 Å². The van der Waals surface area contributed by atoms with Crippen molar-refractivity contribution in [3.63, 3.8) is 0 Å². The van der Waals surface area contributed by atoms with Gasteiger partial charge in [0.05, 0.1) is 5.38 Å². The van der Waals surface area contributed by atoms with E-state index >= 15 is 0 Å². The molecule has 0 saturated carbocycles. The predicted octanol–water partition coefficient (Wildman–Crippen LogP) is 3.74. The van der Waals surface area contributed by atoms with Gasteiger partial charge in [0, 0.05) is 0 Å². The molecule has 1 atom stereocenters. The first-order valence-electron chi connectivity index (χ1n) is 2.82. The van der Waals surface area contributed by atoms with Crippen molar-refractivity contribution in [1.82, 2.24) is 0 Å². The van der Waals surface area contributed by atoms with Gasteiger partial charge in [-0.15, -0.1) is 11.6 Å².